The lowest BCUT2D eigenvalue weighted by molar-refractivity contribution is 0.259. The van der Waals surface area contributed by atoms with Gasteiger partial charge in [-0.05, 0) is 24.3 Å². The number of hydrogen-bond donors (Lipinski definition) is 1. The van der Waals surface area contributed by atoms with Crippen molar-refractivity contribution in [3.05, 3.63) is 23.8 Å². The molecule has 1 saturated carbocycles. The minimum absolute atomic E-state index is 0.0286. The van der Waals surface area contributed by atoms with E-state index in [1.165, 1.54) is 25.7 Å². The summed E-state index contributed by atoms with van der Waals surface area (Å²) in [6.45, 7) is 2.29. The van der Waals surface area contributed by atoms with Crippen LogP contribution in [0.25, 0.3) is 0 Å². The summed E-state index contributed by atoms with van der Waals surface area (Å²) in [4.78, 5) is 0. The minimum Gasteiger partial charge on any atom is -0.497 e. The summed E-state index contributed by atoms with van der Waals surface area (Å²) in [5.41, 5.74) is 7.76. The highest BCUT2D eigenvalue weighted by atomic mass is 16.5. The normalized spacial score (nSPS) is 19.6. The minimum atomic E-state index is 0.0286. The molecule has 2 N–H and O–H groups in total. The Hall–Kier alpha value is -1.22. The van der Waals surface area contributed by atoms with Gasteiger partial charge in [0.2, 0.25) is 0 Å². The topological polar surface area (TPSA) is 44.5 Å². The quantitative estimate of drug-likeness (QED) is 0.890. The standard InChI is InChI=1S/C15H23NO2/c1-15(8-4-5-9-15)14(16)12-7-6-11(17-2)10-13(12)18-3/h6-7,10,14H,4-5,8-9,16H2,1-3H3. The monoisotopic (exact) mass is 249 g/mol. The van der Waals surface area contributed by atoms with E-state index in [-0.39, 0.29) is 11.5 Å². The van der Waals surface area contributed by atoms with Crippen molar-refractivity contribution < 1.29 is 9.47 Å². The first-order valence-corrected chi connectivity index (χ1v) is 6.58. The molecule has 1 aliphatic carbocycles. The molecule has 18 heavy (non-hydrogen) atoms. The predicted molar refractivity (Wildman–Crippen MR) is 73.0 cm³/mol. The second kappa shape index (κ2) is 5.19. The number of methoxy groups -OCH3 is 2. The summed E-state index contributed by atoms with van der Waals surface area (Å²) in [6.07, 6.45) is 4.96. The maximum Gasteiger partial charge on any atom is 0.127 e. The van der Waals surface area contributed by atoms with Gasteiger partial charge < -0.3 is 15.2 Å². The Kier molecular flexibility index (Phi) is 3.81. The average Bonchev–Trinajstić information content (AvgIpc) is 2.85. The number of hydrogen-bond acceptors (Lipinski definition) is 3. The molecule has 0 saturated heterocycles. The molecule has 1 fully saturated rings. The fourth-order valence-electron chi connectivity index (χ4n) is 2.94. The molecule has 0 radical (unpaired) electrons. The molecular weight excluding hydrogens is 226 g/mol. The van der Waals surface area contributed by atoms with E-state index in [4.69, 9.17) is 15.2 Å². The molecule has 1 unspecified atom stereocenters. The van der Waals surface area contributed by atoms with Crippen LogP contribution in [-0.4, -0.2) is 14.2 Å². The van der Waals surface area contributed by atoms with Gasteiger partial charge in [-0.15, -0.1) is 0 Å². The molecule has 1 aromatic rings. The van der Waals surface area contributed by atoms with Gasteiger partial charge >= 0.3 is 0 Å². The highest BCUT2D eigenvalue weighted by Crippen LogP contribution is 2.48. The molecule has 0 aliphatic heterocycles. The molecule has 100 valence electrons. The first kappa shape index (κ1) is 13.2. The summed E-state index contributed by atoms with van der Waals surface area (Å²) < 4.78 is 10.7. The number of rotatable bonds is 4. The zero-order valence-electron chi connectivity index (χ0n) is 11.5. The zero-order chi connectivity index (χ0) is 13.2. The fraction of sp³-hybridized carbons (Fsp3) is 0.600. The van der Waals surface area contributed by atoms with Gasteiger partial charge in [-0.3, -0.25) is 0 Å². The van der Waals surface area contributed by atoms with Crippen LogP contribution in [0.1, 0.15) is 44.2 Å². The molecule has 1 atom stereocenters. The Morgan fingerprint density at radius 1 is 1.17 bits per heavy atom. The van der Waals surface area contributed by atoms with Crippen LogP contribution >= 0.6 is 0 Å². The predicted octanol–water partition coefficient (Wildman–Crippen LogP) is 3.28. The number of benzene rings is 1. The van der Waals surface area contributed by atoms with Crippen LogP contribution in [0.15, 0.2) is 18.2 Å². The van der Waals surface area contributed by atoms with Crippen molar-refractivity contribution >= 4 is 0 Å². The largest absolute Gasteiger partial charge is 0.497 e. The third-order valence-corrected chi connectivity index (χ3v) is 4.27. The van der Waals surface area contributed by atoms with Crippen molar-refractivity contribution in [3.8, 4) is 11.5 Å². The SMILES string of the molecule is COc1ccc(C(N)C2(C)CCCC2)c(OC)c1. The number of nitrogens with two attached hydrogens (primary N) is 1. The maximum atomic E-state index is 6.48. The molecule has 0 bridgehead atoms. The zero-order valence-corrected chi connectivity index (χ0v) is 11.5. The molecule has 0 aromatic heterocycles. The Bertz CT molecular complexity index is 411. The Balaban J connectivity index is 2.32. The van der Waals surface area contributed by atoms with Gasteiger partial charge in [0.1, 0.15) is 11.5 Å². The lowest BCUT2D eigenvalue weighted by Gasteiger charge is -2.32. The van der Waals surface area contributed by atoms with Gasteiger partial charge in [-0.2, -0.15) is 0 Å². The van der Waals surface area contributed by atoms with Crippen LogP contribution < -0.4 is 15.2 Å². The van der Waals surface area contributed by atoms with Crippen LogP contribution in [0.5, 0.6) is 11.5 Å². The van der Waals surface area contributed by atoms with E-state index in [1.54, 1.807) is 14.2 Å². The molecule has 1 aromatic carbocycles. The summed E-state index contributed by atoms with van der Waals surface area (Å²) in [7, 11) is 3.34. The summed E-state index contributed by atoms with van der Waals surface area (Å²) in [5.74, 6) is 1.63. The number of ether oxygens (including phenoxy) is 2. The highest BCUT2D eigenvalue weighted by molar-refractivity contribution is 5.43. The molecular formula is C15H23NO2. The second-order valence-corrected chi connectivity index (χ2v) is 5.45. The molecule has 2 rings (SSSR count). The third-order valence-electron chi connectivity index (χ3n) is 4.27. The van der Waals surface area contributed by atoms with Crippen LogP contribution in [0.3, 0.4) is 0 Å². The Labute approximate surface area is 109 Å². The lowest BCUT2D eigenvalue weighted by atomic mass is 9.77. The van der Waals surface area contributed by atoms with Gasteiger partial charge in [0.05, 0.1) is 14.2 Å². The molecule has 3 heteroatoms. The Morgan fingerprint density at radius 3 is 2.39 bits per heavy atom. The second-order valence-electron chi connectivity index (χ2n) is 5.45. The summed E-state index contributed by atoms with van der Waals surface area (Å²) in [5, 5.41) is 0. The molecule has 0 spiro atoms. The van der Waals surface area contributed by atoms with E-state index in [9.17, 15) is 0 Å². The van der Waals surface area contributed by atoms with Crippen molar-refractivity contribution in [2.24, 2.45) is 11.1 Å². The summed E-state index contributed by atoms with van der Waals surface area (Å²) in [6, 6.07) is 5.93. The van der Waals surface area contributed by atoms with E-state index in [1.807, 2.05) is 18.2 Å². The van der Waals surface area contributed by atoms with Gasteiger partial charge in [-0.25, -0.2) is 0 Å². The first-order valence-electron chi connectivity index (χ1n) is 6.58. The van der Waals surface area contributed by atoms with Crippen LogP contribution in [-0.2, 0) is 0 Å². The van der Waals surface area contributed by atoms with Crippen molar-refractivity contribution in [1.29, 1.82) is 0 Å². The van der Waals surface area contributed by atoms with Gasteiger partial charge in [-0.1, -0.05) is 25.8 Å². The Morgan fingerprint density at radius 2 is 1.83 bits per heavy atom. The van der Waals surface area contributed by atoms with E-state index in [2.05, 4.69) is 6.92 Å². The summed E-state index contributed by atoms with van der Waals surface area (Å²) >= 11 is 0. The highest BCUT2D eigenvalue weighted by Gasteiger charge is 2.36. The van der Waals surface area contributed by atoms with Crippen LogP contribution in [0.4, 0.5) is 0 Å². The lowest BCUT2D eigenvalue weighted by Crippen LogP contribution is -2.29. The van der Waals surface area contributed by atoms with Crippen molar-refractivity contribution in [1.82, 2.24) is 0 Å². The van der Waals surface area contributed by atoms with Crippen molar-refractivity contribution in [2.45, 2.75) is 38.6 Å². The van der Waals surface area contributed by atoms with Gasteiger partial charge in [0, 0.05) is 17.7 Å². The molecule has 0 heterocycles. The van der Waals surface area contributed by atoms with Gasteiger partial charge in [0.15, 0.2) is 0 Å². The average molecular weight is 249 g/mol. The first-order chi connectivity index (χ1) is 8.60. The maximum absolute atomic E-state index is 6.48. The smallest absolute Gasteiger partial charge is 0.127 e. The van der Waals surface area contributed by atoms with E-state index in [0.29, 0.717) is 0 Å². The van der Waals surface area contributed by atoms with E-state index in [0.717, 1.165) is 17.1 Å². The van der Waals surface area contributed by atoms with Crippen LogP contribution in [0.2, 0.25) is 0 Å². The van der Waals surface area contributed by atoms with Crippen molar-refractivity contribution in [3.63, 3.8) is 0 Å². The van der Waals surface area contributed by atoms with Gasteiger partial charge in [0.25, 0.3) is 0 Å². The molecule has 1 aliphatic rings. The third kappa shape index (κ3) is 2.32. The van der Waals surface area contributed by atoms with Crippen molar-refractivity contribution in [2.75, 3.05) is 14.2 Å². The van der Waals surface area contributed by atoms with Crippen LogP contribution in [0, 0.1) is 5.41 Å². The fourth-order valence-corrected chi connectivity index (χ4v) is 2.94. The molecule has 3 nitrogen and oxygen atoms in total. The van der Waals surface area contributed by atoms with E-state index >= 15 is 0 Å². The van der Waals surface area contributed by atoms with E-state index < -0.39 is 0 Å². The molecule has 0 amide bonds.